The highest BCUT2D eigenvalue weighted by atomic mass is 19.1. The van der Waals surface area contributed by atoms with Crippen LogP contribution in [0.3, 0.4) is 0 Å². The summed E-state index contributed by atoms with van der Waals surface area (Å²) < 4.78 is 15.0. The van der Waals surface area contributed by atoms with Crippen LogP contribution in [0.4, 0.5) is 4.39 Å². The molecule has 1 aliphatic heterocycles. The van der Waals surface area contributed by atoms with E-state index in [-0.39, 0.29) is 18.3 Å². The van der Waals surface area contributed by atoms with Crippen LogP contribution in [0, 0.1) is 5.82 Å². The molecule has 3 heterocycles. The van der Waals surface area contributed by atoms with Crippen LogP contribution < -0.4 is 0 Å². The Morgan fingerprint density at radius 3 is 2.62 bits per heavy atom. The molecule has 0 saturated carbocycles. The first-order valence-corrected chi connectivity index (χ1v) is 9.31. The molecule has 1 N–H and O–H groups in total. The van der Waals surface area contributed by atoms with Gasteiger partial charge in [-0.25, -0.2) is 9.37 Å². The van der Waals surface area contributed by atoms with Gasteiger partial charge in [0.25, 0.3) is 0 Å². The van der Waals surface area contributed by atoms with Crippen LogP contribution in [0.2, 0.25) is 0 Å². The number of aryl methyl sites for hydroxylation is 1. The first-order chi connectivity index (χ1) is 13.9. The monoisotopic (exact) mass is 392 g/mol. The molecule has 2 aromatic heterocycles. The fraction of sp³-hybridized carbons (Fsp3) is 0.227. The van der Waals surface area contributed by atoms with E-state index >= 15 is 0 Å². The number of amides is 1. The lowest BCUT2D eigenvalue weighted by Crippen LogP contribution is -2.34. The van der Waals surface area contributed by atoms with Crippen molar-refractivity contribution in [3.8, 4) is 22.6 Å². The third-order valence-corrected chi connectivity index (χ3v) is 5.23. The Labute approximate surface area is 167 Å². The summed E-state index contributed by atoms with van der Waals surface area (Å²) in [6.45, 7) is 4.12. The molecule has 4 rings (SSSR count). The van der Waals surface area contributed by atoms with Crippen LogP contribution >= 0.6 is 0 Å². The van der Waals surface area contributed by atoms with Gasteiger partial charge in [0.05, 0.1) is 17.9 Å². The maximum atomic E-state index is 13.3. The molecule has 1 atom stereocenters. The number of aromatic nitrogens is 3. The van der Waals surface area contributed by atoms with Gasteiger partial charge in [-0.2, -0.15) is 5.10 Å². The normalized spacial score (nSPS) is 18.8. The van der Waals surface area contributed by atoms with Crippen LogP contribution in [0.5, 0.6) is 0 Å². The van der Waals surface area contributed by atoms with Crippen LogP contribution in [-0.4, -0.2) is 43.8 Å². The van der Waals surface area contributed by atoms with Gasteiger partial charge >= 0.3 is 0 Å². The number of β-amino-alcohol motifs (C(OH)–C–C–N with tert-alkyl or cyclic N) is 1. The zero-order valence-electron chi connectivity index (χ0n) is 16.0. The number of benzene rings is 1. The van der Waals surface area contributed by atoms with Crippen molar-refractivity contribution in [2.45, 2.75) is 12.0 Å². The molecule has 1 saturated heterocycles. The van der Waals surface area contributed by atoms with Gasteiger partial charge in [-0.1, -0.05) is 12.6 Å². The molecule has 1 aliphatic rings. The van der Waals surface area contributed by atoms with E-state index in [4.69, 9.17) is 4.98 Å². The summed E-state index contributed by atoms with van der Waals surface area (Å²) in [5.41, 5.74) is 1.95. The van der Waals surface area contributed by atoms with Crippen LogP contribution in [-0.2, 0) is 17.4 Å². The molecule has 7 heteroatoms. The fourth-order valence-corrected chi connectivity index (χ4v) is 3.68. The molecule has 29 heavy (non-hydrogen) atoms. The van der Waals surface area contributed by atoms with Crippen molar-refractivity contribution in [2.75, 3.05) is 13.1 Å². The van der Waals surface area contributed by atoms with E-state index < -0.39 is 5.60 Å². The maximum absolute atomic E-state index is 13.3. The van der Waals surface area contributed by atoms with Crippen molar-refractivity contribution >= 4 is 5.91 Å². The van der Waals surface area contributed by atoms with E-state index in [1.807, 2.05) is 19.2 Å². The highest BCUT2D eigenvalue weighted by Crippen LogP contribution is 2.38. The van der Waals surface area contributed by atoms with Crippen LogP contribution in [0.15, 0.2) is 61.3 Å². The molecule has 1 amide bonds. The van der Waals surface area contributed by atoms with Gasteiger partial charge in [0.2, 0.25) is 5.91 Å². The second-order valence-corrected chi connectivity index (χ2v) is 7.22. The number of aliphatic hydroxyl groups is 1. The van der Waals surface area contributed by atoms with Gasteiger partial charge in [-0.3, -0.25) is 9.48 Å². The highest BCUT2D eigenvalue weighted by Gasteiger charge is 2.41. The Hall–Kier alpha value is -3.32. The average Bonchev–Trinajstić information content (AvgIpc) is 3.34. The molecule has 148 valence electrons. The van der Waals surface area contributed by atoms with Gasteiger partial charge in [-0.05, 0) is 48.9 Å². The molecule has 0 spiro atoms. The minimum atomic E-state index is -1.24. The van der Waals surface area contributed by atoms with Gasteiger partial charge in [0.1, 0.15) is 17.1 Å². The number of nitrogens with zero attached hydrogens (tertiary/aromatic N) is 4. The summed E-state index contributed by atoms with van der Waals surface area (Å²) in [5.74, 6) is -0.529. The lowest BCUT2D eigenvalue weighted by Gasteiger charge is -2.25. The molecule has 1 fully saturated rings. The zero-order valence-corrected chi connectivity index (χ0v) is 16.0. The number of hydrogen-bond donors (Lipinski definition) is 1. The van der Waals surface area contributed by atoms with Crippen molar-refractivity contribution < 1.29 is 14.3 Å². The molecular weight excluding hydrogens is 371 g/mol. The van der Waals surface area contributed by atoms with Crippen molar-refractivity contribution in [1.29, 1.82) is 0 Å². The quantitative estimate of drug-likeness (QED) is 0.693. The minimum absolute atomic E-state index is 0.162. The minimum Gasteiger partial charge on any atom is -0.383 e. The second-order valence-electron chi connectivity index (χ2n) is 7.22. The third kappa shape index (κ3) is 3.56. The number of rotatable bonds is 4. The lowest BCUT2D eigenvalue weighted by atomic mass is 9.90. The van der Waals surface area contributed by atoms with E-state index in [0.717, 1.165) is 5.56 Å². The molecule has 3 aromatic rings. The predicted molar refractivity (Wildman–Crippen MR) is 107 cm³/mol. The van der Waals surface area contributed by atoms with E-state index in [1.165, 1.54) is 18.2 Å². The zero-order chi connectivity index (χ0) is 20.6. The smallest absolute Gasteiger partial charge is 0.246 e. The number of likely N-dealkylation sites (tertiary alicyclic amines) is 1. The van der Waals surface area contributed by atoms with Crippen LogP contribution in [0.25, 0.3) is 22.6 Å². The first kappa shape index (κ1) is 19.0. The Balaban J connectivity index is 1.80. The van der Waals surface area contributed by atoms with Crippen molar-refractivity contribution in [3.05, 3.63) is 72.7 Å². The number of pyridine rings is 1. The van der Waals surface area contributed by atoms with Crippen molar-refractivity contribution in [3.63, 3.8) is 0 Å². The number of carbonyl (C=O) groups excluding carboxylic acids is 1. The highest BCUT2D eigenvalue weighted by molar-refractivity contribution is 5.87. The van der Waals surface area contributed by atoms with Gasteiger partial charge < -0.3 is 10.0 Å². The Morgan fingerprint density at radius 1 is 1.21 bits per heavy atom. The molecule has 0 radical (unpaired) electrons. The summed E-state index contributed by atoms with van der Waals surface area (Å²) in [6, 6.07) is 11.5. The average molecular weight is 392 g/mol. The standard InChI is InChI=1S/C22H21FN4O2/c1-3-20(28)27-13-11-22(29,14-27)17-8-9-18(15-4-6-16(23)7-5-15)24-21(17)19-10-12-26(2)25-19/h3-10,12,29H,1,11,13-14H2,2H3/t22-/m0/s1. The van der Waals surface area contributed by atoms with Gasteiger partial charge in [-0.15, -0.1) is 0 Å². The van der Waals surface area contributed by atoms with Gasteiger partial charge in [0.15, 0.2) is 0 Å². The Kier molecular flexibility index (Phi) is 4.76. The fourth-order valence-electron chi connectivity index (χ4n) is 3.68. The topological polar surface area (TPSA) is 71.2 Å². The molecular formula is C22H21FN4O2. The Bertz CT molecular complexity index is 1080. The lowest BCUT2D eigenvalue weighted by molar-refractivity contribution is -0.126. The summed E-state index contributed by atoms with van der Waals surface area (Å²) >= 11 is 0. The molecule has 0 unspecified atom stereocenters. The third-order valence-electron chi connectivity index (χ3n) is 5.23. The van der Waals surface area contributed by atoms with E-state index in [0.29, 0.717) is 35.6 Å². The molecule has 0 aliphatic carbocycles. The molecule has 6 nitrogen and oxygen atoms in total. The van der Waals surface area contributed by atoms with Crippen molar-refractivity contribution in [1.82, 2.24) is 19.7 Å². The number of hydrogen-bond acceptors (Lipinski definition) is 4. The number of carbonyl (C=O) groups is 1. The predicted octanol–water partition coefficient (Wildman–Crippen LogP) is 2.89. The van der Waals surface area contributed by atoms with Gasteiger partial charge in [0, 0.05) is 30.9 Å². The number of halogens is 1. The van der Waals surface area contributed by atoms with Crippen molar-refractivity contribution in [2.24, 2.45) is 7.05 Å². The second kappa shape index (κ2) is 7.25. The summed E-state index contributed by atoms with van der Waals surface area (Å²) in [5, 5.41) is 15.8. The summed E-state index contributed by atoms with van der Waals surface area (Å²) in [7, 11) is 1.81. The molecule has 1 aromatic carbocycles. The summed E-state index contributed by atoms with van der Waals surface area (Å²) in [4.78, 5) is 18.3. The van der Waals surface area contributed by atoms with E-state index in [9.17, 15) is 14.3 Å². The largest absolute Gasteiger partial charge is 0.383 e. The molecule has 0 bridgehead atoms. The van der Waals surface area contributed by atoms with Crippen LogP contribution in [0.1, 0.15) is 12.0 Å². The SMILES string of the molecule is C=CC(=O)N1CC[C@@](O)(c2ccc(-c3ccc(F)cc3)nc2-c2ccn(C)n2)C1. The maximum Gasteiger partial charge on any atom is 0.246 e. The van der Waals surface area contributed by atoms with E-state index in [2.05, 4.69) is 11.7 Å². The Morgan fingerprint density at radius 2 is 1.97 bits per heavy atom. The first-order valence-electron chi connectivity index (χ1n) is 9.31. The summed E-state index contributed by atoms with van der Waals surface area (Å²) in [6.07, 6.45) is 3.45. The van der Waals surface area contributed by atoms with E-state index in [1.54, 1.807) is 34.0 Å².